The van der Waals surface area contributed by atoms with Crippen molar-refractivity contribution in [3.05, 3.63) is 0 Å². The van der Waals surface area contributed by atoms with E-state index < -0.39 is 24.2 Å². The van der Waals surface area contributed by atoms with Crippen molar-refractivity contribution in [3.8, 4) is 0 Å². The number of nitrogens with one attached hydrogen (secondary N) is 1. The Morgan fingerprint density at radius 2 is 1.18 bits per heavy atom. The molecule has 3 atom stereocenters. The lowest BCUT2D eigenvalue weighted by atomic mass is 10.0. The molecule has 28 heavy (non-hydrogen) atoms. The van der Waals surface area contributed by atoms with Crippen LogP contribution in [0.5, 0.6) is 0 Å². The number of carbonyl (C=O) groups is 1. The molecule has 4 N–H and O–H groups in total. The zero-order chi connectivity index (χ0) is 21.0. The molecular formula is C23H47NO4. The zero-order valence-corrected chi connectivity index (χ0v) is 18.5. The van der Waals surface area contributed by atoms with Crippen LogP contribution in [0.1, 0.15) is 117 Å². The monoisotopic (exact) mass is 401 g/mol. The van der Waals surface area contributed by atoms with Gasteiger partial charge in [-0.3, -0.25) is 4.79 Å². The molecule has 0 aromatic carbocycles. The fraction of sp³-hybridized carbons (Fsp3) is 0.957. The Bertz CT molecular complexity index is 351. The molecule has 5 heteroatoms. The zero-order valence-electron chi connectivity index (χ0n) is 18.5. The molecule has 5 nitrogen and oxygen atoms in total. The molecule has 0 radical (unpaired) electrons. The Balaban J connectivity index is 3.61. The Morgan fingerprint density at radius 3 is 1.61 bits per heavy atom. The van der Waals surface area contributed by atoms with E-state index in [4.69, 9.17) is 0 Å². The van der Waals surface area contributed by atoms with Crippen molar-refractivity contribution in [1.29, 1.82) is 0 Å². The van der Waals surface area contributed by atoms with E-state index in [1.165, 1.54) is 70.6 Å². The maximum absolute atomic E-state index is 11.8. The molecule has 0 aliphatic rings. The average molecular weight is 402 g/mol. The molecule has 0 saturated heterocycles. The largest absolute Gasteiger partial charge is 0.394 e. The van der Waals surface area contributed by atoms with Gasteiger partial charge in [-0.15, -0.1) is 0 Å². The van der Waals surface area contributed by atoms with Crippen LogP contribution in [-0.2, 0) is 4.79 Å². The second-order valence-corrected chi connectivity index (χ2v) is 8.20. The van der Waals surface area contributed by atoms with Gasteiger partial charge in [0.15, 0.2) is 0 Å². The van der Waals surface area contributed by atoms with Gasteiger partial charge in [0, 0.05) is 0 Å². The van der Waals surface area contributed by atoms with Gasteiger partial charge in [0.25, 0.3) is 0 Å². The highest BCUT2D eigenvalue weighted by Gasteiger charge is 2.23. The molecule has 0 aromatic rings. The van der Waals surface area contributed by atoms with Gasteiger partial charge < -0.3 is 20.6 Å². The van der Waals surface area contributed by atoms with Gasteiger partial charge in [-0.25, -0.2) is 0 Å². The number of hydrogen-bond donors (Lipinski definition) is 4. The minimum atomic E-state index is -1.07. The van der Waals surface area contributed by atoms with Crippen molar-refractivity contribution in [2.24, 2.45) is 0 Å². The average Bonchev–Trinajstić information content (AvgIpc) is 2.69. The van der Waals surface area contributed by atoms with E-state index in [1.54, 1.807) is 0 Å². The molecule has 3 unspecified atom stereocenters. The first kappa shape index (κ1) is 27.4. The summed E-state index contributed by atoms with van der Waals surface area (Å²) in [6.07, 6.45) is 16.4. The van der Waals surface area contributed by atoms with Crippen LogP contribution in [0.3, 0.4) is 0 Å². The molecule has 0 aliphatic carbocycles. The number of hydrogen-bond acceptors (Lipinski definition) is 4. The highest BCUT2D eigenvalue weighted by Crippen LogP contribution is 2.14. The summed E-state index contributed by atoms with van der Waals surface area (Å²) in [6.45, 7) is 3.83. The molecule has 0 rings (SSSR count). The van der Waals surface area contributed by atoms with E-state index in [-0.39, 0.29) is 6.61 Å². The Labute approximate surface area is 173 Å². The third-order valence-electron chi connectivity index (χ3n) is 5.46. The topological polar surface area (TPSA) is 89.8 Å². The van der Waals surface area contributed by atoms with Gasteiger partial charge >= 0.3 is 0 Å². The normalized spacial score (nSPS) is 14.6. The number of rotatable bonds is 20. The van der Waals surface area contributed by atoms with E-state index in [2.05, 4.69) is 12.2 Å². The summed E-state index contributed by atoms with van der Waals surface area (Å²) in [5.41, 5.74) is 0. The smallest absolute Gasteiger partial charge is 0.249 e. The SMILES string of the molecule is CCCCCCCCCCCCCCCC(O)C(CO)NC(=O)C(O)CCC. The molecule has 0 aliphatic heterocycles. The number of aliphatic hydroxyl groups excluding tert-OH is 3. The number of unbranched alkanes of at least 4 members (excludes halogenated alkanes) is 12. The number of aliphatic hydroxyl groups is 3. The van der Waals surface area contributed by atoms with E-state index in [1.807, 2.05) is 6.92 Å². The van der Waals surface area contributed by atoms with Crippen LogP contribution in [-0.4, -0.2) is 46.1 Å². The third kappa shape index (κ3) is 15.3. The standard InChI is InChI=1S/C23H47NO4/c1-3-5-6-7-8-9-10-11-12-13-14-15-16-18-21(26)20(19-25)24-23(28)22(27)17-4-2/h20-22,25-27H,3-19H2,1-2H3,(H,24,28). The van der Waals surface area contributed by atoms with Gasteiger partial charge in [0.1, 0.15) is 6.10 Å². The van der Waals surface area contributed by atoms with Crippen molar-refractivity contribution >= 4 is 5.91 Å². The summed E-state index contributed by atoms with van der Waals surface area (Å²) >= 11 is 0. The van der Waals surface area contributed by atoms with Crippen LogP contribution in [0.4, 0.5) is 0 Å². The lowest BCUT2D eigenvalue weighted by molar-refractivity contribution is -0.131. The minimum Gasteiger partial charge on any atom is -0.394 e. The first-order chi connectivity index (χ1) is 13.6. The molecule has 0 bridgehead atoms. The fourth-order valence-corrected chi connectivity index (χ4v) is 3.52. The predicted molar refractivity (Wildman–Crippen MR) is 116 cm³/mol. The van der Waals surface area contributed by atoms with E-state index in [9.17, 15) is 20.1 Å². The second kappa shape index (κ2) is 19.7. The summed E-state index contributed by atoms with van der Waals surface area (Å²) in [5.74, 6) is -0.509. The molecule has 1 amide bonds. The summed E-state index contributed by atoms with van der Waals surface area (Å²) in [6, 6.07) is -0.698. The number of amides is 1. The second-order valence-electron chi connectivity index (χ2n) is 8.20. The van der Waals surface area contributed by atoms with Crippen molar-refractivity contribution in [3.63, 3.8) is 0 Å². The third-order valence-corrected chi connectivity index (χ3v) is 5.46. The van der Waals surface area contributed by atoms with Crippen molar-refractivity contribution in [2.45, 2.75) is 135 Å². The van der Waals surface area contributed by atoms with Gasteiger partial charge in [-0.05, 0) is 12.8 Å². The molecular weight excluding hydrogens is 354 g/mol. The van der Waals surface area contributed by atoms with Gasteiger partial charge in [0.05, 0.1) is 18.8 Å². The fourth-order valence-electron chi connectivity index (χ4n) is 3.52. The minimum absolute atomic E-state index is 0.315. The number of carbonyl (C=O) groups excluding carboxylic acids is 1. The van der Waals surface area contributed by atoms with Crippen LogP contribution in [0.15, 0.2) is 0 Å². The first-order valence-electron chi connectivity index (χ1n) is 11.8. The highest BCUT2D eigenvalue weighted by atomic mass is 16.3. The Hall–Kier alpha value is -0.650. The van der Waals surface area contributed by atoms with Crippen molar-refractivity contribution < 1.29 is 20.1 Å². The summed E-state index contributed by atoms with van der Waals surface area (Å²) in [4.78, 5) is 11.8. The van der Waals surface area contributed by atoms with E-state index >= 15 is 0 Å². The Kier molecular flexibility index (Phi) is 19.2. The maximum Gasteiger partial charge on any atom is 0.249 e. The van der Waals surface area contributed by atoms with Crippen LogP contribution in [0.25, 0.3) is 0 Å². The Morgan fingerprint density at radius 1 is 0.714 bits per heavy atom. The quantitative estimate of drug-likeness (QED) is 0.227. The van der Waals surface area contributed by atoms with Crippen molar-refractivity contribution in [2.75, 3.05) is 6.61 Å². The molecule has 0 heterocycles. The maximum atomic E-state index is 11.8. The summed E-state index contributed by atoms with van der Waals surface area (Å²) < 4.78 is 0. The molecule has 168 valence electrons. The van der Waals surface area contributed by atoms with Crippen LogP contribution >= 0.6 is 0 Å². The lowest BCUT2D eigenvalue weighted by Gasteiger charge is -2.23. The van der Waals surface area contributed by atoms with Gasteiger partial charge in [-0.1, -0.05) is 104 Å². The van der Waals surface area contributed by atoms with Gasteiger partial charge in [0.2, 0.25) is 5.91 Å². The summed E-state index contributed by atoms with van der Waals surface area (Å²) in [7, 11) is 0. The van der Waals surface area contributed by atoms with Crippen molar-refractivity contribution in [1.82, 2.24) is 5.32 Å². The van der Waals surface area contributed by atoms with Crippen LogP contribution in [0, 0.1) is 0 Å². The molecule has 0 saturated carbocycles. The highest BCUT2D eigenvalue weighted by molar-refractivity contribution is 5.80. The molecule has 0 spiro atoms. The van der Waals surface area contributed by atoms with E-state index in [0.717, 1.165) is 12.8 Å². The van der Waals surface area contributed by atoms with Crippen LogP contribution < -0.4 is 5.32 Å². The molecule has 0 fully saturated rings. The predicted octanol–water partition coefficient (Wildman–Crippen LogP) is 4.47. The lowest BCUT2D eigenvalue weighted by Crippen LogP contribution is -2.49. The van der Waals surface area contributed by atoms with E-state index in [0.29, 0.717) is 19.3 Å². The molecule has 0 aromatic heterocycles. The van der Waals surface area contributed by atoms with Gasteiger partial charge in [-0.2, -0.15) is 0 Å². The van der Waals surface area contributed by atoms with Crippen LogP contribution in [0.2, 0.25) is 0 Å². The first-order valence-corrected chi connectivity index (χ1v) is 11.8. The summed E-state index contributed by atoms with van der Waals surface area (Å²) in [5, 5.41) is 31.8.